The monoisotopic (exact) mass is 361 g/mol. The van der Waals surface area contributed by atoms with Crippen molar-refractivity contribution in [2.75, 3.05) is 24.5 Å². The molecule has 1 aromatic carbocycles. The zero-order valence-corrected chi connectivity index (χ0v) is 15.8. The Morgan fingerprint density at radius 3 is 2.89 bits per heavy atom. The van der Waals surface area contributed by atoms with Crippen LogP contribution in [0.15, 0.2) is 42.6 Å². The Morgan fingerprint density at radius 1 is 1.07 bits per heavy atom. The number of aryl methyl sites for hydroxylation is 1. The van der Waals surface area contributed by atoms with Gasteiger partial charge in [0.25, 0.3) is 0 Å². The predicted molar refractivity (Wildman–Crippen MR) is 108 cm³/mol. The summed E-state index contributed by atoms with van der Waals surface area (Å²) in [5.74, 6) is 1.30. The molecule has 0 saturated carbocycles. The van der Waals surface area contributed by atoms with Gasteiger partial charge < -0.3 is 10.2 Å². The molecule has 2 aliphatic rings. The molecule has 5 heteroatoms. The van der Waals surface area contributed by atoms with Gasteiger partial charge in [0.15, 0.2) is 5.65 Å². The molecule has 0 aliphatic carbocycles. The third-order valence-corrected chi connectivity index (χ3v) is 6.04. The number of hydrogen-bond donors (Lipinski definition) is 1. The van der Waals surface area contributed by atoms with Crippen LogP contribution in [0, 0.1) is 0 Å². The third kappa shape index (κ3) is 3.21. The van der Waals surface area contributed by atoms with Crippen LogP contribution in [-0.4, -0.2) is 40.3 Å². The van der Waals surface area contributed by atoms with Crippen molar-refractivity contribution in [1.82, 2.24) is 19.9 Å². The van der Waals surface area contributed by atoms with Gasteiger partial charge in [0, 0.05) is 37.2 Å². The molecule has 0 bridgehead atoms. The summed E-state index contributed by atoms with van der Waals surface area (Å²) in [4.78, 5) is 7.55. The normalized spacial score (nSPS) is 20.0. The van der Waals surface area contributed by atoms with E-state index in [4.69, 9.17) is 4.98 Å². The average molecular weight is 361 g/mol. The second-order valence-corrected chi connectivity index (χ2v) is 7.73. The standard InChI is InChI=1S/C22H27N5/c1-2-5-17(6-3-1)8-9-18-7-4-16-26(18)22-19-10-13-23-14-11-20(19)25-21-12-15-24-27(21)22/h1-3,5-6,12,15,18,23H,4,7-11,13-14,16H2. The van der Waals surface area contributed by atoms with E-state index < -0.39 is 0 Å². The van der Waals surface area contributed by atoms with Crippen molar-refractivity contribution in [3.8, 4) is 0 Å². The van der Waals surface area contributed by atoms with Gasteiger partial charge in [0.1, 0.15) is 5.82 Å². The number of anilines is 1. The van der Waals surface area contributed by atoms with Crippen molar-refractivity contribution in [1.29, 1.82) is 0 Å². The highest BCUT2D eigenvalue weighted by Crippen LogP contribution is 2.33. The van der Waals surface area contributed by atoms with E-state index in [-0.39, 0.29) is 0 Å². The summed E-state index contributed by atoms with van der Waals surface area (Å²) in [6.45, 7) is 3.16. The molecule has 1 saturated heterocycles. The lowest BCUT2D eigenvalue weighted by atomic mass is 10.0. The van der Waals surface area contributed by atoms with Crippen LogP contribution >= 0.6 is 0 Å². The highest BCUT2D eigenvalue weighted by atomic mass is 15.4. The second kappa shape index (κ2) is 7.31. The van der Waals surface area contributed by atoms with Crippen molar-refractivity contribution in [2.24, 2.45) is 0 Å². The number of aromatic nitrogens is 3. The lowest BCUT2D eigenvalue weighted by Gasteiger charge is -2.30. The van der Waals surface area contributed by atoms with Gasteiger partial charge in [0.05, 0.1) is 11.9 Å². The molecule has 4 heterocycles. The first-order valence-electron chi connectivity index (χ1n) is 10.3. The summed E-state index contributed by atoms with van der Waals surface area (Å²) in [5, 5.41) is 8.18. The second-order valence-electron chi connectivity index (χ2n) is 7.73. The number of nitrogens with zero attached hydrogens (tertiary/aromatic N) is 4. The number of hydrogen-bond acceptors (Lipinski definition) is 4. The number of fused-ring (bicyclic) bond motifs is 2. The van der Waals surface area contributed by atoms with E-state index in [2.05, 4.69) is 50.2 Å². The summed E-state index contributed by atoms with van der Waals surface area (Å²) in [6, 6.07) is 13.5. The van der Waals surface area contributed by atoms with Gasteiger partial charge in [-0.05, 0) is 44.2 Å². The van der Waals surface area contributed by atoms with Crippen LogP contribution in [0.5, 0.6) is 0 Å². The van der Waals surface area contributed by atoms with Crippen LogP contribution in [0.1, 0.15) is 36.1 Å². The van der Waals surface area contributed by atoms with Crippen LogP contribution < -0.4 is 10.2 Å². The first-order chi connectivity index (χ1) is 13.4. The maximum atomic E-state index is 4.92. The van der Waals surface area contributed by atoms with Crippen LogP contribution in [-0.2, 0) is 19.3 Å². The highest BCUT2D eigenvalue weighted by Gasteiger charge is 2.30. The van der Waals surface area contributed by atoms with Gasteiger partial charge in [-0.3, -0.25) is 0 Å². The molecule has 2 aromatic heterocycles. The molecular weight excluding hydrogens is 334 g/mol. The Kier molecular flexibility index (Phi) is 4.54. The van der Waals surface area contributed by atoms with Crippen molar-refractivity contribution in [3.05, 3.63) is 59.4 Å². The zero-order valence-electron chi connectivity index (χ0n) is 15.8. The molecule has 1 N–H and O–H groups in total. The van der Waals surface area contributed by atoms with Gasteiger partial charge in [0.2, 0.25) is 0 Å². The van der Waals surface area contributed by atoms with Crippen LogP contribution in [0.25, 0.3) is 5.65 Å². The molecule has 140 valence electrons. The Bertz CT molecular complexity index is 917. The molecular formula is C22H27N5. The van der Waals surface area contributed by atoms with Crippen molar-refractivity contribution < 1.29 is 0 Å². The topological polar surface area (TPSA) is 45.5 Å². The van der Waals surface area contributed by atoms with Gasteiger partial charge in [-0.15, -0.1) is 0 Å². The molecule has 1 fully saturated rings. The molecule has 0 radical (unpaired) electrons. The van der Waals surface area contributed by atoms with Gasteiger partial charge in [-0.2, -0.15) is 9.61 Å². The smallest absolute Gasteiger partial charge is 0.157 e. The lowest BCUT2D eigenvalue weighted by Crippen LogP contribution is -2.33. The lowest BCUT2D eigenvalue weighted by molar-refractivity contribution is 0.598. The van der Waals surface area contributed by atoms with E-state index in [1.54, 1.807) is 0 Å². The first-order valence-corrected chi connectivity index (χ1v) is 10.3. The molecule has 0 spiro atoms. The Labute approximate surface area is 160 Å². The largest absolute Gasteiger partial charge is 0.353 e. The molecule has 2 aliphatic heterocycles. The van der Waals surface area contributed by atoms with E-state index in [1.165, 1.54) is 41.9 Å². The summed E-state index contributed by atoms with van der Waals surface area (Å²) in [6.07, 6.45) is 8.80. The zero-order chi connectivity index (χ0) is 18.1. The maximum absolute atomic E-state index is 4.92. The predicted octanol–water partition coefficient (Wildman–Crippen LogP) is 3.02. The number of benzene rings is 1. The number of nitrogens with one attached hydrogen (secondary N) is 1. The van der Waals surface area contributed by atoms with E-state index in [0.717, 1.165) is 44.5 Å². The summed E-state index contributed by atoms with van der Waals surface area (Å²) in [5.41, 5.74) is 5.09. The van der Waals surface area contributed by atoms with E-state index in [0.29, 0.717) is 6.04 Å². The maximum Gasteiger partial charge on any atom is 0.157 e. The molecule has 1 atom stereocenters. The van der Waals surface area contributed by atoms with Crippen LogP contribution in [0.3, 0.4) is 0 Å². The first kappa shape index (κ1) is 16.8. The average Bonchev–Trinajstić information content (AvgIpc) is 3.29. The fraction of sp³-hybridized carbons (Fsp3) is 0.455. The van der Waals surface area contributed by atoms with Crippen molar-refractivity contribution in [3.63, 3.8) is 0 Å². The summed E-state index contributed by atoms with van der Waals surface area (Å²) in [7, 11) is 0. The summed E-state index contributed by atoms with van der Waals surface area (Å²) >= 11 is 0. The minimum atomic E-state index is 0.584. The molecule has 0 amide bonds. The van der Waals surface area contributed by atoms with Gasteiger partial charge in [-0.1, -0.05) is 30.3 Å². The molecule has 5 nitrogen and oxygen atoms in total. The fourth-order valence-corrected chi connectivity index (χ4v) is 4.70. The van der Waals surface area contributed by atoms with Crippen LogP contribution in [0.4, 0.5) is 5.82 Å². The van der Waals surface area contributed by atoms with Crippen molar-refractivity contribution in [2.45, 2.75) is 44.6 Å². The minimum Gasteiger partial charge on any atom is -0.353 e. The quantitative estimate of drug-likeness (QED) is 0.776. The summed E-state index contributed by atoms with van der Waals surface area (Å²) < 4.78 is 2.09. The minimum absolute atomic E-state index is 0.584. The van der Waals surface area contributed by atoms with E-state index >= 15 is 0 Å². The fourth-order valence-electron chi connectivity index (χ4n) is 4.70. The van der Waals surface area contributed by atoms with Gasteiger partial charge >= 0.3 is 0 Å². The van der Waals surface area contributed by atoms with Gasteiger partial charge in [-0.25, -0.2) is 4.98 Å². The molecule has 1 unspecified atom stereocenters. The van der Waals surface area contributed by atoms with E-state index in [9.17, 15) is 0 Å². The highest BCUT2D eigenvalue weighted by molar-refractivity contribution is 5.58. The Hall–Kier alpha value is -2.40. The molecule has 3 aromatic rings. The van der Waals surface area contributed by atoms with E-state index in [1.807, 2.05) is 12.3 Å². The SMILES string of the molecule is c1ccc(CCC2CCCN2c2c3c(nc4ccnn24)CCNCC3)cc1. The molecule has 5 rings (SSSR count). The molecule has 27 heavy (non-hydrogen) atoms. The van der Waals surface area contributed by atoms with Crippen LogP contribution in [0.2, 0.25) is 0 Å². The Balaban J connectivity index is 1.50. The Morgan fingerprint density at radius 2 is 1.96 bits per heavy atom. The third-order valence-electron chi connectivity index (χ3n) is 6.04. The number of rotatable bonds is 4. The van der Waals surface area contributed by atoms with Crippen molar-refractivity contribution >= 4 is 11.5 Å².